The van der Waals surface area contributed by atoms with E-state index >= 15 is 0 Å². The first-order valence-electron chi connectivity index (χ1n) is 7.28. The Kier molecular flexibility index (Phi) is 6.52. The predicted molar refractivity (Wildman–Crippen MR) is 82.7 cm³/mol. The topological polar surface area (TPSA) is 75.3 Å². The molecule has 0 fully saturated rings. The summed E-state index contributed by atoms with van der Waals surface area (Å²) in [5.74, 6) is 0.716. The molecule has 0 saturated carbocycles. The van der Waals surface area contributed by atoms with Gasteiger partial charge in [0.25, 0.3) is 0 Å². The van der Waals surface area contributed by atoms with E-state index in [1.165, 1.54) is 0 Å². The average Bonchev–Trinajstić information content (AvgIpc) is 2.40. The summed E-state index contributed by atoms with van der Waals surface area (Å²) in [6.45, 7) is 6.78. The van der Waals surface area contributed by atoms with Crippen LogP contribution in [0.25, 0.3) is 0 Å². The third-order valence-electron chi connectivity index (χ3n) is 3.36. The Morgan fingerprint density at radius 1 is 1.40 bits per heavy atom. The molecular formula is C16H26N2O2. The van der Waals surface area contributed by atoms with E-state index < -0.39 is 0 Å². The minimum absolute atomic E-state index is 0.0929. The summed E-state index contributed by atoms with van der Waals surface area (Å²) in [6, 6.07) is 5.28. The third-order valence-corrected chi connectivity index (χ3v) is 3.36. The number of benzene rings is 1. The summed E-state index contributed by atoms with van der Waals surface area (Å²) >= 11 is 0. The van der Waals surface area contributed by atoms with Crippen LogP contribution in [0.4, 0.5) is 5.69 Å². The molecule has 112 valence electrons. The minimum atomic E-state index is -0.0929. The molecule has 20 heavy (non-hydrogen) atoms. The molecule has 0 heterocycles. The van der Waals surface area contributed by atoms with Gasteiger partial charge in [-0.3, -0.25) is 4.79 Å². The average molecular weight is 278 g/mol. The lowest BCUT2D eigenvalue weighted by Gasteiger charge is -2.17. The Labute approximate surface area is 121 Å². The van der Waals surface area contributed by atoms with Crippen LogP contribution in [0.1, 0.15) is 39.2 Å². The van der Waals surface area contributed by atoms with Crippen LogP contribution in [0.5, 0.6) is 5.75 Å². The van der Waals surface area contributed by atoms with Gasteiger partial charge in [-0.15, -0.1) is 0 Å². The summed E-state index contributed by atoms with van der Waals surface area (Å²) < 4.78 is 0. The molecule has 1 aromatic carbocycles. The summed E-state index contributed by atoms with van der Waals surface area (Å²) in [5, 5.41) is 12.6. The van der Waals surface area contributed by atoms with E-state index in [-0.39, 0.29) is 17.6 Å². The van der Waals surface area contributed by atoms with Gasteiger partial charge < -0.3 is 16.2 Å². The number of anilines is 1. The van der Waals surface area contributed by atoms with Crippen molar-refractivity contribution < 1.29 is 9.90 Å². The maximum Gasteiger partial charge on any atom is 0.224 e. The monoisotopic (exact) mass is 278 g/mol. The second-order valence-electron chi connectivity index (χ2n) is 5.69. The number of hydrogen-bond donors (Lipinski definition) is 3. The number of phenolic OH excluding ortho intramolecular Hbond substituents is 1. The highest BCUT2D eigenvalue weighted by molar-refractivity contribution is 5.92. The van der Waals surface area contributed by atoms with Gasteiger partial charge in [-0.25, -0.2) is 0 Å². The van der Waals surface area contributed by atoms with Crippen LogP contribution >= 0.6 is 0 Å². The van der Waals surface area contributed by atoms with E-state index in [1.54, 1.807) is 6.07 Å². The zero-order valence-electron chi connectivity index (χ0n) is 12.6. The Bertz CT molecular complexity index is 444. The molecule has 0 saturated heterocycles. The van der Waals surface area contributed by atoms with Crippen LogP contribution in [0.3, 0.4) is 0 Å². The highest BCUT2D eigenvalue weighted by Gasteiger charge is 2.15. The van der Waals surface area contributed by atoms with Crippen molar-refractivity contribution in [3.05, 3.63) is 23.8 Å². The maximum atomic E-state index is 12.0. The molecule has 0 spiro atoms. The number of carbonyl (C=O) groups excluding carboxylic acids is 1. The first-order chi connectivity index (χ1) is 9.46. The van der Waals surface area contributed by atoms with Gasteiger partial charge in [0.15, 0.2) is 0 Å². The second-order valence-corrected chi connectivity index (χ2v) is 5.69. The smallest absolute Gasteiger partial charge is 0.224 e. The molecule has 1 aromatic rings. The summed E-state index contributed by atoms with van der Waals surface area (Å²) in [4.78, 5) is 12.0. The zero-order valence-corrected chi connectivity index (χ0v) is 12.6. The van der Waals surface area contributed by atoms with E-state index in [4.69, 9.17) is 5.73 Å². The van der Waals surface area contributed by atoms with Crippen molar-refractivity contribution in [3.63, 3.8) is 0 Å². The zero-order chi connectivity index (χ0) is 15.1. The maximum absolute atomic E-state index is 12.0. The number of carbonyl (C=O) groups is 1. The lowest BCUT2D eigenvalue weighted by atomic mass is 9.94. The number of aryl methyl sites for hydroxylation is 1. The SMILES string of the molecule is CCc1ccc(O)c(NC(=O)CC(CN)CC(C)C)c1. The van der Waals surface area contributed by atoms with E-state index in [2.05, 4.69) is 19.2 Å². The fourth-order valence-corrected chi connectivity index (χ4v) is 2.30. The number of phenols is 1. The van der Waals surface area contributed by atoms with Crippen LogP contribution in [0.15, 0.2) is 18.2 Å². The first-order valence-corrected chi connectivity index (χ1v) is 7.28. The number of rotatable bonds is 7. The lowest BCUT2D eigenvalue weighted by molar-refractivity contribution is -0.117. The Morgan fingerprint density at radius 3 is 2.65 bits per heavy atom. The van der Waals surface area contributed by atoms with Crippen LogP contribution in [-0.4, -0.2) is 17.6 Å². The molecule has 0 radical (unpaired) electrons. The summed E-state index contributed by atoms with van der Waals surface area (Å²) in [6.07, 6.45) is 2.19. The lowest BCUT2D eigenvalue weighted by Crippen LogP contribution is -2.23. The van der Waals surface area contributed by atoms with Gasteiger partial charge in [0.2, 0.25) is 5.91 Å². The van der Waals surface area contributed by atoms with Crippen LogP contribution in [0.2, 0.25) is 0 Å². The van der Waals surface area contributed by atoms with Gasteiger partial charge in [0, 0.05) is 6.42 Å². The molecule has 4 heteroatoms. The summed E-state index contributed by atoms with van der Waals surface area (Å²) in [5.41, 5.74) is 7.27. The highest BCUT2D eigenvalue weighted by atomic mass is 16.3. The molecule has 1 unspecified atom stereocenters. The van der Waals surface area contributed by atoms with Crippen molar-refractivity contribution in [2.45, 2.75) is 40.0 Å². The number of aromatic hydroxyl groups is 1. The standard InChI is InChI=1S/C16H26N2O2/c1-4-12-5-6-15(19)14(8-12)18-16(20)9-13(10-17)7-11(2)3/h5-6,8,11,13,19H,4,7,9-10,17H2,1-3H3,(H,18,20). The van der Waals surface area contributed by atoms with Crippen molar-refractivity contribution in [2.75, 3.05) is 11.9 Å². The van der Waals surface area contributed by atoms with Gasteiger partial charge in [-0.2, -0.15) is 0 Å². The van der Waals surface area contributed by atoms with Crippen molar-refractivity contribution >= 4 is 11.6 Å². The molecule has 0 aromatic heterocycles. The van der Waals surface area contributed by atoms with Gasteiger partial charge in [0.05, 0.1) is 5.69 Å². The van der Waals surface area contributed by atoms with Crippen molar-refractivity contribution in [1.29, 1.82) is 0 Å². The third kappa shape index (κ3) is 5.21. The number of nitrogens with one attached hydrogen (secondary N) is 1. The van der Waals surface area contributed by atoms with Crippen molar-refractivity contribution in [2.24, 2.45) is 17.6 Å². The molecule has 0 aliphatic carbocycles. The quantitative estimate of drug-likeness (QED) is 0.671. The normalized spacial score (nSPS) is 12.4. The summed E-state index contributed by atoms with van der Waals surface area (Å²) in [7, 11) is 0. The minimum Gasteiger partial charge on any atom is -0.506 e. The van der Waals surface area contributed by atoms with Crippen LogP contribution in [-0.2, 0) is 11.2 Å². The first kappa shape index (κ1) is 16.5. The molecule has 1 atom stereocenters. The largest absolute Gasteiger partial charge is 0.506 e. The van der Waals surface area contributed by atoms with Crippen molar-refractivity contribution in [1.82, 2.24) is 0 Å². The molecule has 0 aliphatic heterocycles. The molecule has 0 bridgehead atoms. The highest BCUT2D eigenvalue weighted by Crippen LogP contribution is 2.25. The van der Waals surface area contributed by atoms with E-state index in [0.29, 0.717) is 24.6 Å². The number of nitrogens with two attached hydrogens (primary N) is 1. The molecule has 0 aliphatic rings. The predicted octanol–water partition coefficient (Wildman–Crippen LogP) is 2.90. The molecule has 1 amide bonds. The van der Waals surface area contributed by atoms with Gasteiger partial charge in [-0.1, -0.05) is 26.8 Å². The van der Waals surface area contributed by atoms with E-state index in [9.17, 15) is 9.90 Å². The Hall–Kier alpha value is -1.55. The van der Waals surface area contributed by atoms with Gasteiger partial charge in [-0.05, 0) is 48.9 Å². The van der Waals surface area contributed by atoms with Crippen LogP contribution in [0, 0.1) is 11.8 Å². The number of amides is 1. The Balaban J connectivity index is 2.65. The Morgan fingerprint density at radius 2 is 2.10 bits per heavy atom. The van der Waals surface area contributed by atoms with E-state index in [1.807, 2.05) is 19.1 Å². The van der Waals surface area contributed by atoms with Crippen LogP contribution < -0.4 is 11.1 Å². The fraction of sp³-hybridized carbons (Fsp3) is 0.562. The molecule has 1 rings (SSSR count). The molecule has 4 N–H and O–H groups in total. The molecular weight excluding hydrogens is 252 g/mol. The van der Waals surface area contributed by atoms with Gasteiger partial charge >= 0.3 is 0 Å². The van der Waals surface area contributed by atoms with Gasteiger partial charge in [0.1, 0.15) is 5.75 Å². The molecule has 4 nitrogen and oxygen atoms in total. The van der Waals surface area contributed by atoms with Crippen molar-refractivity contribution in [3.8, 4) is 5.75 Å². The second kappa shape index (κ2) is 7.90. The van der Waals surface area contributed by atoms with E-state index in [0.717, 1.165) is 18.4 Å². The number of hydrogen-bond acceptors (Lipinski definition) is 3. The fourth-order valence-electron chi connectivity index (χ4n) is 2.30.